The molecule has 1 aliphatic rings. The van der Waals surface area contributed by atoms with Crippen LogP contribution in [0, 0.1) is 0 Å². The highest BCUT2D eigenvalue weighted by Gasteiger charge is 2.20. The molecule has 108 valence electrons. The first-order valence-corrected chi connectivity index (χ1v) is 6.92. The molecule has 1 unspecified atom stereocenters. The third kappa shape index (κ3) is 4.33. The van der Waals surface area contributed by atoms with E-state index in [0.717, 1.165) is 37.7 Å². The normalized spacial score (nSPS) is 20.1. The largest absolute Gasteiger partial charge is 0.374 e. The van der Waals surface area contributed by atoms with Gasteiger partial charge in [-0.3, -0.25) is 4.90 Å². The number of aryl methyl sites for hydroxylation is 1. The number of rotatable bonds is 4. The van der Waals surface area contributed by atoms with Gasteiger partial charge in [0.2, 0.25) is 0 Å². The van der Waals surface area contributed by atoms with E-state index in [2.05, 4.69) is 17.9 Å². The molecular weight excluding hydrogens is 283 g/mol. The van der Waals surface area contributed by atoms with E-state index in [1.54, 1.807) is 0 Å². The van der Waals surface area contributed by atoms with E-state index in [9.17, 15) is 0 Å². The van der Waals surface area contributed by atoms with E-state index in [-0.39, 0.29) is 18.5 Å². The molecule has 1 fully saturated rings. The molecular formula is C14H22Cl2N2O. The summed E-state index contributed by atoms with van der Waals surface area (Å²) in [4.78, 5) is 2.38. The first-order valence-electron chi connectivity index (χ1n) is 6.55. The molecule has 0 aromatic heterocycles. The summed E-state index contributed by atoms with van der Waals surface area (Å²) in [6.07, 6.45) is 1.17. The van der Waals surface area contributed by atoms with E-state index in [1.807, 2.05) is 12.1 Å². The number of benzene rings is 1. The molecule has 1 aromatic rings. The Bertz CT molecular complexity index is 401. The lowest BCUT2D eigenvalue weighted by molar-refractivity contribution is -0.0261. The molecule has 2 N–H and O–H groups in total. The summed E-state index contributed by atoms with van der Waals surface area (Å²) in [5, 5.41) is 0.866. The maximum atomic E-state index is 6.32. The van der Waals surface area contributed by atoms with Crippen LogP contribution in [0.4, 0.5) is 0 Å². The molecule has 0 aliphatic carbocycles. The molecule has 1 atom stereocenters. The van der Waals surface area contributed by atoms with Crippen molar-refractivity contribution < 1.29 is 4.74 Å². The Labute approximate surface area is 126 Å². The Hall–Kier alpha value is -0.320. The summed E-state index contributed by atoms with van der Waals surface area (Å²) >= 11 is 6.32. The zero-order chi connectivity index (χ0) is 13.0. The number of nitrogens with two attached hydrogens (primary N) is 1. The average molecular weight is 305 g/mol. The van der Waals surface area contributed by atoms with Gasteiger partial charge in [0.15, 0.2) is 0 Å². The van der Waals surface area contributed by atoms with E-state index in [0.29, 0.717) is 6.54 Å². The molecule has 5 heteroatoms. The highest BCUT2D eigenvalue weighted by Crippen LogP contribution is 2.23. The standard InChI is InChI=1S/C14H21ClN2O.ClH/c1-2-11-4-3-5-14(15)13(11)10-17-6-7-18-12(8-16)9-17;/h3-5,12H,2,6-10,16H2,1H3;1H. The zero-order valence-corrected chi connectivity index (χ0v) is 12.8. The molecule has 2 rings (SSSR count). The number of ether oxygens (including phenoxy) is 1. The third-order valence-corrected chi connectivity index (χ3v) is 3.82. The first kappa shape index (κ1) is 16.7. The predicted molar refractivity (Wildman–Crippen MR) is 82.1 cm³/mol. The zero-order valence-electron chi connectivity index (χ0n) is 11.3. The highest BCUT2D eigenvalue weighted by atomic mass is 35.5. The average Bonchev–Trinajstić information content (AvgIpc) is 2.41. The third-order valence-electron chi connectivity index (χ3n) is 3.46. The second-order valence-corrected chi connectivity index (χ2v) is 5.10. The second kappa shape index (κ2) is 8.08. The van der Waals surface area contributed by atoms with Crippen molar-refractivity contribution in [1.29, 1.82) is 0 Å². The molecule has 1 aromatic carbocycles. The van der Waals surface area contributed by atoms with Crippen LogP contribution in [-0.2, 0) is 17.7 Å². The van der Waals surface area contributed by atoms with Gasteiger partial charge in [0.05, 0.1) is 12.7 Å². The lowest BCUT2D eigenvalue weighted by Gasteiger charge is -2.33. The van der Waals surface area contributed by atoms with Gasteiger partial charge in [-0.25, -0.2) is 0 Å². The molecule has 0 radical (unpaired) electrons. The summed E-state index contributed by atoms with van der Waals surface area (Å²) in [6, 6.07) is 6.14. The first-order chi connectivity index (χ1) is 8.74. The van der Waals surface area contributed by atoms with Crippen LogP contribution < -0.4 is 5.73 Å². The topological polar surface area (TPSA) is 38.5 Å². The lowest BCUT2D eigenvalue weighted by atomic mass is 10.0. The van der Waals surface area contributed by atoms with Gasteiger partial charge in [-0.15, -0.1) is 12.4 Å². The van der Waals surface area contributed by atoms with Crippen molar-refractivity contribution >= 4 is 24.0 Å². The van der Waals surface area contributed by atoms with E-state index >= 15 is 0 Å². The number of morpholine rings is 1. The Morgan fingerprint density at radius 2 is 2.26 bits per heavy atom. The Kier molecular flexibility index (Phi) is 7.11. The highest BCUT2D eigenvalue weighted by molar-refractivity contribution is 6.31. The van der Waals surface area contributed by atoms with Gasteiger partial charge in [0.1, 0.15) is 0 Å². The van der Waals surface area contributed by atoms with Crippen LogP contribution in [0.25, 0.3) is 0 Å². The van der Waals surface area contributed by atoms with Gasteiger partial charge in [0, 0.05) is 31.2 Å². The molecule has 0 bridgehead atoms. The number of halogens is 2. The van der Waals surface area contributed by atoms with Gasteiger partial charge < -0.3 is 10.5 Å². The minimum atomic E-state index is 0. The number of nitrogens with zero attached hydrogens (tertiary/aromatic N) is 1. The van der Waals surface area contributed by atoms with Gasteiger partial charge >= 0.3 is 0 Å². The van der Waals surface area contributed by atoms with E-state index in [4.69, 9.17) is 22.1 Å². The van der Waals surface area contributed by atoms with Crippen LogP contribution >= 0.6 is 24.0 Å². The molecule has 0 amide bonds. The molecule has 3 nitrogen and oxygen atoms in total. The van der Waals surface area contributed by atoms with E-state index < -0.39 is 0 Å². The summed E-state index contributed by atoms with van der Waals surface area (Å²) < 4.78 is 5.58. The fourth-order valence-corrected chi connectivity index (χ4v) is 2.66. The van der Waals surface area contributed by atoms with Gasteiger partial charge in [-0.2, -0.15) is 0 Å². The summed E-state index contributed by atoms with van der Waals surface area (Å²) in [5.74, 6) is 0. The van der Waals surface area contributed by atoms with Crippen LogP contribution in [0.2, 0.25) is 5.02 Å². The second-order valence-electron chi connectivity index (χ2n) is 4.69. The van der Waals surface area contributed by atoms with Gasteiger partial charge in [-0.05, 0) is 23.6 Å². The molecule has 1 aliphatic heterocycles. The van der Waals surface area contributed by atoms with Crippen molar-refractivity contribution in [1.82, 2.24) is 4.90 Å². The Balaban J connectivity index is 0.00000180. The van der Waals surface area contributed by atoms with Crippen molar-refractivity contribution in [3.05, 3.63) is 34.3 Å². The predicted octanol–water partition coefficient (Wildman–Crippen LogP) is 2.48. The summed E-state index contributed by atoms with van der Waals surface area (Å²) in [7, 11) is 0. The molecule has 1 saturated heterocycles. The number of hydrogen-bond acceptors (Lipinski definition) is 3. The van der Waals surface area contributed by atoms with Crippen molar-refractivity contribution in [2.45, 2.75) is 26.0 Å². The lowest BCUT2D eigenvalue weighted by Crippen LogP contribution is -2.45. The van der Waals surface area contributed by atoms with Crippen LogP contribution in [0.15, 0.2) is 18.2 Å². The fourth-order valence-electron chi connectivity index (χ4n) is 2.40. The van der Waals surface area contributed by atoms with Crippen molar-refractivity contribution in [2.24, 2.45) is 5.73 Å². The van der Waals surface area contributed by atoms with Crippen molar-refractivity contribution in [2.75, 3.05) is 26.2 Å². The van der Waals surface area contributed by atoms with Gasteiger partial charge in [-0.1, -0.05) is 30.7 Å². The minimum Gasteiger partial charge on any atom is -0.374 e. The van der Waals surface area contributed by atoms with E-state index in [1.165, 1.54) is 11.1 Å². The monoisotopic (exact) mass is 304 g/mol. The van der Waals surface area contributed by atoms with Crippen LogP contribution in [0.1, 0.15) is 18.1 Å². The van der Waals surface area contributed by atoms with Crippen molar-refractivity contribution in [3.8, 4) is 0 Å². The van der Waals surface area contributed by atoms with Crippen LogP contribution in [0.3, 0.4) is 0 Å². The maximum absolute atomic E-state index is 6.32. The number of hydrogen-bond donors (Lipinski definition) is 1. The maximum Gasteiger partial charge on any atom is 0.0824 e. The molecule has 0 saturated carbocycles. The Morgan fingerprint density at radius 1 is 1.47 bits per heavy atom. The van der Waals surface area contributed by atoms with Crippen LogP contribution in [-0.4, -0.2) is 37.2 Å². The SMILES string of the molecule is CCc1cccc(Cl)c1CN1CCOC(CN)C1.Cl. The Morgan fingerprint density at radius 3 is 2.95 bits per heavy atom. The van der Waals surface area contributed by atoms with Crippen molar-refractivity contribution in [3.63, 3.8) is 0 Å². The quantitative estimate of drug-likeness (QED) is 0.929. The molecule has 1 heterocycles. The minimum absolute atomic E-state index is 0. The molecule has 0 spiro atoms. The van der Waals surface area contributed by atoms with Crippen LogP contribution in [0.5, 0.6) is 0 Å². The fraction of sp³-hybridized carbons (Fsp3) is 0.571. The van der Waals surface area contributed by atoms with Gasteiger partial charge in [0.25, 0.3) is 0 Å². The summed E-state index contributed by atoms with van der Waals surface area (Å²) in [5.41, 5.74) is 8.25. The molecule has 19 heavy (non-hydrogen) atoms. The summed E-state index contributed by atoms with van der Waals surface area (Å²) in [6.45, 7) is 6.24. The smallest absolute Gasteiger partial charge is 0.0824 e.